The monoisotopic (exact) mass is 486 g/mol. The van der Waals surface area contributed by atoms with Crippen LogP contribution < -0.4 is 10.6 Å². The first kappa shape index (κ1) is 25.7. The van der Waals surface area contributed by atoms with Crippen LogP contribution in [-0.4, -0.2) is 42.6 Å². The predicted octanol–water partition coefficient (Wildman–Crippen LogP) is 4.97. The van der Waals surface area contributed by atoms with E-state index in [9.17, 15) is 9.59 Å². The van der Waals surface area contributed by atoms with Crippen molar-refractivity contribution in [2.45, 2.75) is 56.1 Å². The van der Waals surface area contributed by atoms with Crippen molar-refractivity contribution in [3.05, 3.63) is 60.2 Å². The largest absolute Gasteiger partial charge is 0.379 e. The Morgan fingerprint density at radius 1 is 1.12 bits per heavy atom. The fourth-order valence-electron chi connectivity index (χ4n) is 4.28. The third-order valence-corrected chi connectivity index (χ3v) is 7.69. The zero-order valence-corrected chi connectivity index (χ0v) is 21.1. The van der Waals surface area contributed by atoms with Crippen molar-refractivity contribution >= 4 is 41.9 Å². The van der Waals surface area contributed by atoms with Gasteiger partial charge in [-0.3, -0.25) is 9.59 Å². The molecule has 5 nitrogen and oxygen atoms in total. The number of amides is 2. The van der Waals surface area contributed by atoms with Crippen molar-refractivity contribution in [1.82, 2.24) is 5.32 Å². The Morgan fingerprint density at radius 2 is 1.79 bits per heavy atom. The van der Waals surface area contributed by atoms with E-state index in [1.165, 1.54) is 0 Å². The first-order valence-electron chi connectivity index (χ1n) is 11.5. The van der Waals surface area contributed by atoms with Crippen LogP contribution in [0.5, 0.6) is 0 Å². The van der Waals surface area contributed by atoms with E-state index in [4.69, 9.17) is 4.74 Å². The van der Waals surface area contributed by atoms with E-state index in [1.807, 2.05) is 67.8 Å². The minimum Gasteiger partial charge on any atom is -0.379 e. The summed E-state index contributed by atoms with van der Waals surface area (Å²) >= 11 is 6.19. The number of rotatable bonds is 10. The van der Waals surface area contributed by atoms with Gasteiger partial charge < -0.3 is 15.4 Å². The van der Waals surface area contributed by atoms with Gasteiger partial charge in [0.1, 0.15) is 6.04 Å². The molecule has 2 N–H and O–H groups in total. The van der Waals surface area contributed by atoms with Crippen LogP contribution in [-0.2, 0) is 20.7 Å². The highest BCUT2D eigenvalue weighted by Crippen LogP contribution is 2.39. The normalized spacial score (nSPS) is 21.2. The molecule has 0 unspecified atom stereocenters. The number of hydrogen-bond donors (Lipinski definition) is 3. The summed E-state index contributed by atoms with van der Waals surface area (Å²) in [4.78, 5) is 27.8. The van der Waals surface area contributed by atoms with Gasteiger partial charge in [0.15, 0.2) is 0 Å². The Bertz CT molecular complexity index is 898. The number of anilines is 1. The second kappa shape index (κ2) is 12.5. The van der Waals surface area contributed by atoms with Crippen molar-refractivity contribution in [2.75, 3.05) is 23.9 Å². The molecule has 0 aromatic heterocycles. The van der Waals surface area contributed by atoms with E-state index in [0.29, 0.717) is 37.3 Å². The number of thioether (sulfide) groups is 1. The minimum atomic E-state index is -0.679. The first-order chi connectivity index (χ1) is 16.0. The molecule has 1 fully saturated rings. The molecule has 2 amide bonds. The van der Waals surface area contributed by atoms with E-state index < -0.39 is 11.5 Å². The molecule has 0 bridgehead atoms. The minimum absolute atomic E-state index is 0.0961. The SMILES string of the molecule is CCOC1CCC(CS)(C(=O)N[C@@H](Cc2ccccc2)C(=O)Nc2ccc(SC)cc2)CC1. The lowest BCUT2D eigenvalue weighted by Gasteiger charge is -2.38. The maximum atomic E-state index is 13.5. The van der Waals surface area contributed by atoms with Gasteiger partial charge >= 0.3 is 0 Å². The van der Waals surface area contributed by atoms with Crippen molar-refractivity contribution in [1.29, 1.82) is 0 Å². The zero-order valence-electron chi connectivity index (χ0n) is 19.4. The number of ether oxygens (including phenoxy) is 1. The molecular weight excluding hydrogens is 452 g/mol. The number of carbonyl (C=O) groups is 2. The lowest BCUT2D eigenvalue weighted by atomic mass is 9.73. The van der Waals surface area contributed by atoms with E-state index in [-0.39, 0.29) is 17.9 Å². The molecule has 0 heterocycles. The summed E-state index contributed by atoms with van der Waals surface area (Å²) < 4.78 is 5.76. The third-order valence-electron chi connectivity index (χ3n) is 6.34. The van der Waals surface area contributed by atoms with Gasteiger partial charge in [0.05, 0.1) is 11.5 Å². The predicted molar refractivity (Wildman–Crippen MR) is 139 cm³/mol. The molecule has 33 heavy (non-hydrogen) atoms. The van der Waals surface area contributed by atoms with Crippen LogP contribution in [0.1, 0.15) is 38.2 Å². The molecule has 2 aromatic carbocycles. The van der Waals surface area contributed by atoms with E-state index in [2.05, 4.69) is 23.3 Å². The van der Waals surface area contributed by atoms with Crippen molar-refractivity contribution in [3.63, 3.8) is 0 Å². The molecule has 1 atom stereocenters. The standard InChI is InChI=1S/C26H34N2O3S2/c1-3-31-21-13-15-26(18-32,16-14-21)25(30)28-23(17-19-7-5-4-6-8-19)24(29)27-20-9-11-22(33-2)12-10-20/h4-12,21,23,32H,3,13-18H2,1-2H3,(H,27,29)(H,28,30)/t21?,23-,26?/m0/s1. The number of carbonyl (C=O) groups excluding carboxylic acids is 2. The van der Waals surface area contributed by atoms with Crippen LogP contribution in [0.15, 0.2) is 59.5 Å². The van der Waals surface area contributed by atoms with Gasteiger partial charge in [-0.2, -0.15) is 12.6 Å². The van der Waals surface area contributed by atoms with Crippen LogP contribution in [0.25, 0.3) is 0 Å². The molecule has 1 saturated carbocycles. The van der Waals surface area contributed by atoms with Gasteiger partial charge in [-0.1, -0.05) is 30.3 Å². The van der Waals surface area contributed by atoms with Crippen LogP contribution in [0, 0.1) is 5.41 Å². The summed E-state index contributed by atoms with van der Waals surface area (Å²) in [5, 5.41) is 6.05. The van der Waals surface area contributed by atoms with Gasteiger partial charge in [0.2, 0.25) is 11.8 Å². The van der Waals surface area contributed by atoms with Crippen LogP contribution >= 0.6 is 24.4 Å². The van der Waals surface area contributed by atoms with Gasteiger partial charge in [0.25, 0.3) is 0 Å². The molecule has 1 aliphatic rings. The van der Waals surface area contributed by atoms with Crippen molar-refractivity contribution in [3.8, 4) is 0 Å². The second-order valence-electron chi connectivity index (χ2n) is 8.53. The third kappa shape index (κ3) is 7.01. The molecule has 2 aromatic rings. The molecule has 178 valence electrons. The highest BCUT2D eigenvalue weighted by molar-refractivity contribution is 7.98. The second-order valence-corrected chi connectivity index (χ2v) is 9.72. The molecule has 0 spiro atoms. The van der Waals surface area contributed by atoms with Crippen molar-refractivity contribution in [2.24, 2.45) is 5.41 Å². The number of hydrogen-bond acceptors (Lipinski definition) is 5. The highest BCUT2D eigenvalue weighted by Gasteiger charge is 2.42. The number of thiol groups is 1. The number of nitrogens with one attached hydrogen (secondary N) is 2. The van der Waals surface area contributed by atoms with E-state index in [0.717, 1.165) is 23.3 Å². The van der Waals surface area contributed by atoms with Gasteiger partial charge in [0, 0.05) is 29.4 Å². The smallest absolute Gasteiger partial charge is 0.247 e. The Hall–Kier alpha value is -1.96. The summed E-state index contributed by atoms with van der Waals surface area (Å²) in [6, 6.07) is 16.8. The van der Waals surface area contributed by atoms with E-state index >= 15 is 0 Å². The van der Waals surface area contributed by atoms with Gasteiger partial charge in [-0.05, 0) is 68.7 Å². The van der Waals surface area contributed by atoms with Gasteiger partial charge in [-0.25, -0.2) is 0 Å². The first-order valence-corrected chi connectivity index (χ1v) is 13.4. The summed E-state index contributed by atoms with van der Waals surface area (Å²) in [7, 11) is 0. The lowest BCUT2D eigenvalue weighted by molar-refractivity contribution is -0.136. The van der Waals surface area contributed by atoms with Crippen LogP contribution in [0.3, 0.4) is 0 Å². The molecule has 1 aliphatic carbocycles. The summed E-state index contributed by atoms with van der Waals surface area (Å²) in [6.45, 7) is 2.68. The average Bonchev–Trinajstić information content (AvgIpc) is 2.85. The van der Waals surface area contributed by atoms with E-state index in [1.54, 1.807) is 11.8 Å². The Kier molecular flexibility index (Phi) is 9.71. The molecular formula is C26H34N2O3S2. The molecule has 7 heteroatoms. The van der Waals surface area contributed by atoms with Crippen molar-refractivity contribution < 1.29 is 14.3 Å². The summed E-state index contributed by atoms with van der Waals surface area (Å²) in [6.07, 6.45) is 5.72. The van der Waals surface area contributed by atoms with Crippen LogP contribution in [0.4, 0.5) is 5.69 Å². The fraction of sp³-hybridized carbons (Fsp3) is 0.462. The maximum absolute atomic E-state index is 13.5. The quantitative estimate of drug-likeness (QED) is 0.328. The number of benzene rings is 2. The molecule has 0 radical (unpaired) electrons. The fourth-order valence-corrected chi connectivity index (χ4v) is 5.15. The zero-order chi connectivity index (χ0) is 23.7. The highest BCUT2D eigenvalue weighted by atomic mass is 32.2. The Balaban J connectivity index is 1.74. The average molecular weight is 487 g/mol. The summed E-state index contributed by atoms with van der Waals surface area (Å²) in [5.41, 5.74) is 1.13. The van der Waals surface area contributed by atoms with Crippen LogP contribution in [0.2, 0.25) is 0 Å². The summed E-state index contributed by atoms with van der Waals surface area (Å²) in [5.74, 6) is 0.135. The lowest BCUT2D eigenvalue weighted by Crippen LogP contribution is -2.53. The molecule has 0 aliphatic heterocycles. The molecule has 3 rings (SSSR count). The topological polar surface area (TPSA) is 67.4 Å². The van der Waals surface area contributed by atoms with Gasteiger partial charge in [-0.15, -0.1) is 11.8 Å². The molecule has 0 saturated heterocycles. The Morgan fingerprint density at radius 3 is 2.36 bits per heavy atom. The maximum Gasteiger partial charge on any atom is 0.247 e. The Labute approximate surface area is 206 Å².